The van der Waals surface area contributed by atoms with Gasteiger partial charge in [-0.3, -0.25) is 9.59 Å². The molecular formula is C26H25ClN2O6. The summed E-state index contributed by atoms with van der Waals surface area (Å²) in [5, 5.41) is 5.64. The number of esters is 1. The third-order valence-electron chi connectivity index (χ3n) is 5.12. The van der Waals surface area contributed by atoms with E-state index >= 15 is 0 Å². The molecule has 8 nitrogen and oxygen atoms in total. The van der Waals surface area contributed by atoms with Crippen molar-refractivity contribution < 1.29 is 28.6 Å². The molecule has 3 aromatic carbocycles. The van der Waals surface area contributed by atoms with Gasteiger partial charge in [-0.1, -0.05) is 48.9 Å². The van der Waals surface area contributed by atoms with Crippen LogP contribution < -0.4 is 20.1 Å². The number of anilines is 2. The Morgan fingerprint density at radius 2 is 1.49 bits per heavy atom. The molecule has 2 N–H and O–H groups in total. The standard InChI is InChI=1S/C26H25ClN2O6/c1-4-16-9-5-8-12-20(16)28-24(30)15-35-26(32)18-13-22(33-2)23(34-3)14-21(18)29-25(31)17-10-6-7-11-19(17)27/h5-14H,4,15H2,1-3H3,(H,28,30)(H,29,31). The fourth-order valence-corrected chi connectivity index (χ4v) is 3.55. The molecule has 9 heteroatoms. The molecular weight excluding hydrogens is 472 g/mol. The zero-order valence-electron chi connectivity index (χ0n) is 19.5. The maximum Gasteiger partial charge on any atom is 0.340 e. The summed E-state index contributed by atoms with van der Waals surface area (Å²) in [6.45, 7) is 1.45. The summed E-state index contributed by atoms with van der Waals surface area (Å²) in [6, 6.07) is 16.7. The lowest BCUT2D eigenvalue weighted by Gasteiger charge is -2.16. The highest BCUT2D eigenvalue weighted by atomic mass is 35.5. The third-order valence-corrected chi connectivity index (χ3v) is 5.45. The predicted molar refractivity (Wildman–Crippen MR) is 134 cm³/mol. The number of rotatable bonds is 9. The molecule has 0 heterocycles. The van der Waals surface area contributed by atoms with Gasteiger partial charge in [0.05, 0.1) is 36.1 Å². The van der Waals surface area contributed by atoms with Crippen LogP contribution in [0, 0.1) is 0 Å². The number of hydrogen-bond acceptors (Lipinski definition) is 6. The predicted octanol–water partition coefficient (Wildman–Crippen LogP) is 4.97. The number of aryl methyl sites for hydroxylation is 1. The second-order valence-electron chi connectivity index (χ2n) is 7.32. The van der Waals surface area contributed by atoms with Gasteiger partial charge in [-0.25, -0.2) is 4.79 Å². The van der Waals surface area contributed by atoms with Gasteiger partial charge in [-0.05, 0) is 30.2 Å². The van der Waals surface area contributed by atoms with Crippen LogP contribution in [0.3, 0.4) is 0 Å². The fraction of sp³-hybridized carbons (Fsp3) is 0.192. The van der Waals surface area contributed by atoms with Crippen LogP contribution in [-0.4, -0.2) is 38.6 Å². The smallest absolute Gasteiger partial charge is 0.340 e. The van der Waals surface area contributed by atoms with Gasteiger partial charge >= 0.3 is 5.97 Å². The van der Waals surface area contributed by atoms with Gasteiger partial charge in [-0.2, -0.15) is 0 Å². The summed E-state index contributed by atoms with van der Waals surface area (Å²) >= 11 is 6.12. The Bertz CT molecular complexity index is 1240. The second kappa shape index (κ2) is 11.9. The molecule has 0 aliphatic heterocycles. The quantitative estimate of drug-likeness (QED) is 0.405. The van der Waals surface area contributed by atoms with Gasteiger partial charge in [0.1, 0.15) is 0 Å². The molecule has 0 fully saturated rings. The van der Waals surface area contributed by atoms with Crippen molar-refractivity contribution in [3.8, 4) is 11.5 Å². The Morgan fingerprint density at radius 3 is 2.17 bits per heavy atom. The van der Waals surface area contributed by atoms with E-state index in [2.05, 4.69) is 10.6 Å². The largest absolute Gasteiger partial charge is 0.493 e. The monoisotopic (exact) mass is 496 g/mol. The Kier molecular flexibility index (Phi) is 8.69. The summed E-state index contributed by atoms with van der Waals surface area (Å²) in [7, 11) is 2.83. The first-order chi connectivity index (χ1) is 16.9. The van der Waals surface area contributed by atoms with E-state index < -0.39 is 24.4 Å². The van der Waals surface area contributed by atoms with E-state index in [1.165, 1.54) is 26.4 Å². The van der Waals surface area contributed by atoms with Crippen molar-refractivity contribution in [2.75, 3.05) is 31.5 Å². The minimum atomic E-state index is -0.834. The van der Waals surface area contributed by atoms with Crippen LogP contribution in [0.15, 0.2) is 60.7 Å². The van der Waals surface area contributed by atoms with Gasteiger partial charge in [0, 0.05) is 17.8 Å². The average Bonchev–Trinajstić information content (AvgIpc) is 2.87. The third kappa shape index (κ3) is 6.30. The van der Waals surface area contributed by atoms with Crippen molar-refractivity contribution in [2.45, 2.75) is 13.3 Å². The van der Waals surface area contributed by atoms with Crippen molar-refractivity contribution in [3.05, 3.63) is 82.4 Å². The summed E-state index contributed by atoms with van der Waals surface area (Å²) in [6.07, 6.45) is 0.733. The SMILES string of the molecule is CCc1ccccc1NC(=O)COC(=O)c1cc(OC)c(OC)cc1NC(=O)c1ccccc1Cl. The molecule has 2 amide bonds. The zero-order valence-corrected chi connectivity index (χ0v) is 20.3. The van der Waals surface area contributed by atoms with Gasteiger partial charge in [0.25, 0.3) is 11.8 Å². The highest BCUT2D eigenvalue weighted by Crippen LogP contribution is 2.34. The molecule has 0 unspecified atom stereocenters. The summed E-state index contributed by atoms with van der Waals surface area (Å²) < 4.78 is 15.8. The van der Waals surface area contributed by atoms with E-state index in [1.54, 1.807) is 36.4 Å². The van der Waals surface area contributed by atoms with Crippen LogP contribution in [0.1, 0.15) is 33.2 Å². The van der Waals surface area contributed by atoms with Gasteiger partial charge in [0.2, 0.25) is 0 Å². The number of methoxy groups -OCH3 is 2. The van der Waals surface area contributed by atoms with Crippen molar-refractivity contribution in [2.24, 2.45) is 0 Å². The van der Waals surface area contributed by atoms with Crippen LogP contribution in [0.2, 0.25) is 5.02 Å². The lowest BCUT2D eigenvalue weighted by molar-refractivity contribution is -0.119. The molecule has 0 aromatic heterocycles. The number of carbonyl (C=O) groups is 3. The van der Waals surface area contributed by atoms with E-state index in [1.807, 2.05) is 19.1 Å². The maximum absolute atomic E-state index is 12.9. The molecule has 0 atom stereocenters. The van der Waals surface area contributed by atoms with Crippen LogP contribution in [-0.2, 0) is 16.0 Å². The number of nitrogens with one attached hydrogen (secondary N) is 2. The Morgan fingerprint density at radius 1 is 0.829 bits per heavy atom. The van der Waals surface area contributed by atoms with Crippen LogP contribution in [0.5, 0.6) is 11.5 Å². The lowest BCUT2D eigenvalue weighted by Crippen LogP contribution is -2.22. The van der Waals surface area contributed by atoms with Crippen LogP contribution in [0.4, 0.5) is 11.4 Å². The van der Waals surface area contributed by atoms with Crippen molar-refractivity contribution in [1.82, 2.24) is 0 Å². The molecule has 0 saturated carbocycles. The average molecular weight is 497 g/mol. The molecule has 0 aliphatic carbocycles. The number of para-hydroxylation sites is 1. The molecule has 0 radical (unpaired) electrons. The first-order valence-electron chi connectivity index (χ1n) is 10.7. The highest BCUT2D eigenvalue weighted by Gasteiger charge is 2.22. The number of amides is 2. The van der Waals surface area contributed by atoms with Crippen LogP contribution in [0.25, 0.3) is 0 Å². The molecule has 0 saturated heterocycles. The molecule has 0 spiro atoms. The first-order valence-corrected chi connectivity index (χ1v) is 11.1. The van der Waals surface area contributed by atoms with E-state index in [4.69, 9.17) is 25.8 Å². The number of hydrogen-bond donors (Lipinski definition) is 2. The van der Waals surface area contributed by atoms with E-state index in [0.717, 1.165) is 12.0 Å². The Balaban J connectivity index is 1.81. The lowest BCUT2D eigenvalue weighted by atomic mass is 10.1. The van der Waals surface area contributed by atoms with Crippen molar-refractivity contribution >= 4 is 40.8 Å². The maximum atomic E-state index is 12.9. The number of carbonyl (C=O) groups excluding carboxylic acids is 3. The van der Waals surface area contributed by atoms with Gasteiger partial charge in [-0.15, -0.1) is 0 Å². The van der Waals surface area contributed by atoms with E-state index in [9.17, 15) is 14.4 Å². The topological polar surface area (TPSA) is 103 Å². The normalized spacial score (nSPS) is 10.3. The molecule has 182 valence electrons. The van der Waals surface area contributed by atoms with E-state index in [0.29, 0.717) is 5.69 Å². The van der Waals surface area contributed by atoms with Gasteiger partial charge in [0.15, 0.2) is 18.1 Å². The first kappa shape index (κ1) is 25.6. The van der Waals surface area contributed by atoms with Gasteiger partial charge < -0.3 is 24.8 Å². The Hall–Kier alpha value is -4.04. The molecule has 0 aliphatic rings. The molecule has 35 heavy (non-hydrogen) atoms. The minimum absolute atomic E-state index is 0.0233. The summed E-state index contributed by atoms with van der Waals surface area (Å²) in [5.74, 6) is -1.34. The fourth-order valence-electron chi connectivity index (χ4n) is 3.33. The number of ether oxygens (including phenoxy) is 3. The zero-order chi connectivity index (χ0) is 25.4. The second-order valence-corrected chi connectivity index (χ2v) is 7.73. The molecule has 3 aromatic rings. The van der Waals surface area contributed by atoms with E-state index in [-0.39, 0.29) is 33.3 Å². The van der Waals surface area contributed by atoms with Crippen molar-refractivity contribution in [3.63, 3.8) is 0 Å². The minimum Gasteiger partial charge on any atom is -0.493 e. The number of halogens is 1. The number of benzene rings is 3. The molecule has 0 bridgehead atoms. The summed E-state index contributed by atoms with van der Waals surface area (Å²) in [5.41, 5.74) is 1.91. The van der Waals surface area contributed by atoms with Crippen LogP contribution >= 0.6 is 11.6 Å². The Labute approximate surface area is 208 Å². The molecule has 3 rings (SSSR count). The summed E-state index contributed by atoms with van der Waals surface area (Å²) in [4.78, 5) is 38.1. The van der Waals surface area contributed by atoms with Crippen molar-refractivity contribution in [1.29, 1.82) is 0 Å². The highest BCUT2D eigenvalue weighted by molar-refractivity contribution is 6.34.